The van der Waals surface area contributed by atoms with Gasteiger partial charge in [0.1, 0.15) is 0 Å². The molecule has 3 nitrogen and oxygen atoms in total. The first-order valence-electron chi connectivity index (χ1n) is 8.93. The van der Waals surface area contributed by atoms with E-state index in [4.69, 9.17) is 0 Å². The quantitative estimate of drug-likeness (QED) is 0.882. The minimum absolute atomic E-state index is 0.0538. The van der Waals surface area contributed by atoms with Crippen molar-refractivity contribution in [2.45, 2.75) is 31.7 Å². The molecule has 0 aromatic heterocycles. The van der Waals surface area contributed by atoms with Crippen LogP contribution in [0.1, 0.15) is 35.2 Å². The van der Waals surface area contributed by atoms with E-state index in [1.807, 2.05) is 30.3 Å². The van der Waals surface area contributed by atoms with Gasteiger partial charge in [0.05, 0.1) is 0 Å². The van der Waals surface area contributed by atoms with Crippen molar-refractivity contribution in [3.05, 3.63) is 71.8 Å². The molecule has 3 rings (SSSR count). The van der Waals surface area contributed by atoms with Gasteiger partial charge < -0.3 is 10.2 Å². The maximum absolute atomic E-state index is 12.2. The molecule has 24 heavy (non-hydrogen) atoms. The summed E-state index contributed by atoms with van der Waals surface area (Å²) >= 11 is 0. The molecule has 0 bridgehead atoms. The van der Waals surface area contributed by atoms with Crippen LogP contribution in [0.15, 0.2) is 60.7 Å². The average molecular weight is 322 g/mol. The molecule has 1 fully saturated rings. The van der Waals surface area contributed by atoms with Gasteiger partial charge in [-0.05, 0) is 49.9 Å². The van der Waals surface area contributed by atoms with Crippen LogP contribution in [-0.2, 0) is 6.42 Å². The number of carbonyl (C=O) groups is 1. The maximum Gasteiger partial charge on any atom is 0.251 e. The zero-order chi connectivity index (χ0) is 16.6. The monoisotopic (exact) mass is 322 g/mol. The maximum atomic E-state index is 12.2. The standard InChI is InChI=1S/C21H26N2O/c24-21(19-11-5-2-6-12-19)22-20-13-16-23(17-14-20)15-7-10-18-8-3-1-4-9-18/h1-6,8-9,11-12,20H,7,10,13-17H2,(H,22,24). The third kappa shape index (κ3) is 4.93. The summed E-state index contributed by atoms with van der Waals surface area (Å²) in [4.78, 5) is 14.7. The van der Waals surface area contributed by atoms with Crippen molar-refractivity contribution in [3.8, 4) is 0 Å². The Morgan fingerprint density at radius 1 is 0.958 bits per heavy atom. The predicted molar refractivity (Wildman–Crippen MR) is 98.1 cm³/mol. The third-order valence-corrected chi connectivity index (χ3v) is 4.74. The number of nitrogens with zero attached hydrogens (tertiary/aromatic N) is 1. The molecule has 1 saturated heterocycles. The Labute approximate surface area is 144 Å². The molecule has 2 aromatic rings. The first-order valence-corrected chi connectivity index (χ1v) is 8.93. The van der Waals surface area contributed by atoms with Crippen LogP contribution >= 0.6 is 0 Å². The van der Waals surface area contributed by atoms with Gasteiger partial charge >= 0.3 is 0 Å². The second-order valence-electron chi connectivity index (χ2n) is 6.54. The number of likely N-dealkylation sites (tertiary alicyclic amines) is 1. The highest BCUT2D eigenvalue weighted by Gasteiger charge is 2.20. The lowest BCUT2D eigenvalue weighted by molar-refractivity contribution is 0.0911. The highest BCUT2D eigenvalue weighted by molar-refractivity contribution is 5.94. The summed E-state index contributed by atoms with van der Waals surface area (Å²) in [5.74, 6) is 0.0538. The molecular formula is C21H26N2O. The fraction of sp³-hybridized carbons (Fsp3) is 0.381. The molecule has 0 spiro atoms. The molecule has 0 atom stereocenters. The number of amides is 1. The Morgan fingerprint density at radius 3 is 2.25 bits per heavy atom. The van der Waals surface area contributed by atoms with Crippen molar-refractivity contribution in [3.63, 3.8) is 0 Å². The number of hydrogen-bond donors (Lipinski definition) is 1. The van der Waals surface area contributed by atoms with E-state index in [2.05, 4.69) is 40.5 Å². The third-order valence-electron chi connectivity index (χ3n) is 4.74. The Kier molecular flexibility index (Phi) is 6.02. The minimum atomic E-state index is 0.0538. The topological polar surface area (TPSA) is 32.3 Å². The van der Waals surface area contributed by atoms with Gasteiger partial charge in [-0.15, -0.1) is 0 Å². The number of nitrogens with one attached hydrogen (secondary N) is 1. The van der Waals surface area contributed by atoms with Crippen LogP contribution in [0.3, 0.4) is 0 Å². The summed E-state index contributed by atoms with van der Waals surface area (Å²) in [7, 11) is 0. The van der Waals surface area contributed by atoms with Gasteiger partial charge in [-0.3, -0.25) is 4.79 Å². The van der Waals surface area contributed by atoms with E-state index < -0.39 is 0 Å². The lowest BCUT2D eigenvalue weighted by atomic mass is 10.0. The molecule has 3 heteroatoms. The zero-order valence-corrected chi connectivity index (χ0v) is 14.2. The van der Waals surface area contributed by atoms with E-state index in [0.717, 1.165) is 44.5 Å². The number of benzene rings is 2. The molecule has 0 aliphatic carbocycles. The number of rotatable bonds is 6. The van der Waals surface area contributed by atoms with Gasteiger partial charge in [-0.1, -0.05) is 48.5 Å². The Hall–Kier alpha value is -2.13. The van der Waals surface area contributed by atoms with Crippen LogP contribution < -0.4 is 5.32 Å². The van der Waals surface area contributed by atoms with Crippen LogP contribution in [0, 0.1) is 0 Å². The summed E-state index contributed by atoms with van der Waals surface area (Å²) in [6.07, 6.45) is 4.43. The van der Waals surface area contributed by atoms with Crippen molar-refractivity contribution in [2.24, 2.45) is 0 Å². The van der Waals surface area contributed by atoms with E-state index in [1.54, 1.807) is 0 Å². The zero-order valence-electron chi connectivity index (χ0n) is 14.2. The van der Waals surface area contributed by atoms with Crippen molar-refractivity contribution >= 4 is 5.91 Å². The number of hydrogen-bond acceptors (Lipinski definition) is 2. The van der Waals surface area contributed by atoms with Gasteiger partial charge in [0.2, 0.25) is 0 Å². The molecule has 0 unspecified atom stereocenters. The molecular weight excluding hydrogens is 296 g/mol. The molecule has 0 saturated carbocycles. The number of piperidine rings is 1. The average Bonchev–Trinajstić information content (AvgIpc) is 2.65. The van der Waals surface area contributed by atoms with Gasteiger partial charge in [0.15, 0.2) is 0 Å². The number of aryl methyl sites for hydroxylation is 1. The van der Waals surface area contributed by atoms with Gasteiger partial charge in [0, 0.05) is 24.7 Å². The van der Waals surface area contributed by atoms with Crippen LogP contribution in [0.2, 0.25) is 0 Å². The van der Waals surface area contributed by atoms with Crippen molar-refractivity contribution in [1.29, 1.82) is 0 Å². The molecule has 1 N–H and O–H groups in total. The van der Waals surface area contributed by atoms with E-state index in [9.17, 15) is 4.79 Å². The van der Waals surface area contributed by atoms with Crippen LogP contribution in [0.25, 0.3) is 0 Å². The Bertz CT molecular complexity index is 619. The van der Waals surface area contributed by atoms with Gasteiger partial charge in [0.25, 0.3) is 5.91 Å². The largest absolute Gasteiger partial charge is 0.349 e. The molecule has 0 radical (unpaired) electrons. The summed E-state index contributed by atoms with van der Waals surface area (Å²) < 4.78 is 0. The summed E-state index contributed by atoms with van der Waals surface area (Å²) in [6.45, 7) is 3.30. The smallest absolute Gasteiger partial charge is 0.251 e. The fourth-order valence-corrected chi connectivity index (χ4v) is 3.31. The van der Waals surface area contributed by atoms with Gasteiger partial charge in [-0.25, -0.2) is 0 Å². The lowest BCUT2D eigenvalue weighted by Gasteiger charge is -2.32. The fourth-order valence-electron chi connectivity index (χ4n) is 3.31. The minimum Gasteiger partial charge on any atom is -0.349 e. The molecule has 126 valence electrons. The van der Waals surface area contributed by atoms with Crippen molar-refractivity contribution in [1.82, 2.24) is 10.2 Å². The predicted octanol–water partition coefficient (Wildman–Crippen LogP) is 3.51. The summed E-state index contributed by atoms with van der Waals surface area (Å²) in [5.41, 5.74) is 2.17. The van der Waals surface area contributed by atoms with E-state index in [0.29, 0.717) is 6.04 Å². The van der Waals surface area contributed by atoms with E-state index in [-0.39, 0.29) is 5.91 Å². The molecule has 2 aromatic carbocycles. The second kappa shape index (κ2) is 8.65. The van der Waals surface area contributed by atoms with Crippen molar-refractivity contribution < 1.29 is 4.79 Å². The summed E-state index contributed by atoms with van der Waals surface area (Å²) in [6, 6.07) is 20.5. The molecule has 1 aliphatic heterocycles. The Balaban J connectivity index is 1.36. The first kappa shape index (κ1) is 16.7. The SMILES string of the molecule is O=C(NC1CCN(CCCc2ccccc2)CC1)c1ccccc1. The van der Waals surface area contributed by atoms with Crippen LogP contribution in [0.5, 0.6) is 0 Å². The van der Waals surface area contributed by atoms with E-state index >= 15 is 0 Å². The van der Waals surface area contributed by atoms with Crippen molar-refractivity contribution in [2.75, 3.05) is 19.6 Å². The normalized spacial score (nSPS) is 16.0. The molecule has 1 aliphatic rings. The summed E-state index contributed by atoms with van der Waals surface area (Å²) in [5, 5.41) is 3.17. The highest BCUT2D eigenvalue weighted by atomic mass is 16.1. The lowest BCUT2D eigenvalue weighted by Crippen LogP contribution is -2.44. The van der Waals surface area contributed by atoms with Gasteiger partial charge in [-0.2, -0.15) is 0 Å². The Morgan fingerprint density at radius 2 is 1.58 bits per heavy atom. The molecule has 1 amide bonds. The van der Waals surface area contributed by atoms with Crippen LogP contribution in [0.4, 0.5) is 0 Å². The molecule has 1 heterocycles. The first-order chi connectivity index (χ1) is 11.8. The van der Waals surface area contributed by atoms with E-state index in [1.165, 1.54) is 12.0 Å². The number of carbonyl (C=O) groups excluding carboxylic acids is 1. The van der Waals surface area contributed by atoms with Crippen LogP contribution in [-0.4, -0.2) is 36.5 Å². The highest BCUT2D eigenvalue weighted by Crippen LogP contribution is 2.13. The second-order valence-corrected chi connectivity index (χ2v) is 6.54.